The number of halogens is 4. The standard InChI is InChI=1S/C19H18BrF3N2O3S/c1-2-15-18(26)25-14-9-13(20)17(10-16(14)27-15)29-24-8-7-11-3-5-12(6-4-11)28-19(21,22)23/h3-6,9-10,15,24H,2,7-8H2,1H3,(H,25,26). The van der Waals surface area contributed by atoms with E-state index in [1.165, 1.54) is 24.1 Å². The van der Waals surface area contributed by atoms with Crippen LogP contribution >= 0.6 is 27.9 Å². The first-order chi connectivity index (χ1) is 13.7. The number of hydrogen-bond donors (Lipinski definition) is 2. The van der Waals surface area contributed by atoms with Crippen molar-refractivity contribution in [1.29, 1.82) is 0 Å². The second-order valence-corrected chi connectivity index (χ2v) is 8.01. The summed E-state index contributed by atoms with van der Waals surface area (Å²) in [7, 11) is 0. The Kier molecular flexibility index (Phi) is 6.97. The smallest absolute Gasteiger partial charge is 0.478 e. The SMILES string of the molecule is CCC1Oc2cc(SNCCc3ccc(OC(F)(F)F)cc3)c(Br)cc2NC1=O. The lowest BCUT2D eigenvalue weighted by Gasteiger charge is -2.25. The van der Waals surface area contributed by atoms with Crippen molar-refractivity contribution >= 4 is 39.5 Å². The van der Waals surface area contributed by atoms with E-state index in [4.69, 9.17) is 4.74 Å². The van der Waals surface area contributed by atoms with E-state index < -0.39 is 12.5 Å². The van der Waals surface area contributed by atoms with Crippen LogP contribution in [0.4, 0.5) is 18.9 Å². The first-order valence-corrected chi connectivity index (χ1v) is 10.4. The maximum Gasteiger partial charge on any atom is 0.573 e. The van der Waals surface area contributed by atoms with Crippen molar-refractivity contribution in [3.63, 3.8) is 0 Å². The number of ether oxygens (including phenoxy) is 2. The fourth-order valence-electron chi connectivity index (χ4n) is 2.68. The van der Waals surface area contributed by atoms with Gasteiger partial charge >= 0.3 is 6.36 Å². The Bertz CT molecular complexity index is 878. The average molecular weight is 491 g/mol. The molecule has 0 bridgehead atoms. The van der Waals surface area contributed by atoms with Crippen molar-refractivity contribution in [3.8, 4) is 11.5 Å². The van der Waals surface area contributed by atoms with Crippen LogP contribution in [0, 0.1) is 0 Å². The Hall–Kier alpha value is -1.91. The Morgan fingerprint density at radius 3 is 2.66 bits per heavy atom. The summed E-state index contributed by atoms with van der Waals surface area (Å²) in [5, 5.41) is 2.83. The van der Waals surface area contributed by atoms with Gasteiger partial charge in [0.1, 0.15) is 11.5 Å². The molecular weight excluding hydrogens is 473 g/mol. The van der Waals surface area contributed by atoms with E-state index in [0.717, 1.165) is 14.9 Å². The number of alkyl halides is 3. The highest BCUT2D eigenvalue weighted by Gasteiger charge is 2.31. The quantitative estimate of drug-likeness (QED) is 0.407. The van der Waals surface area contributed by atoms with Crippen molar-refractivity contribution in [1.82, 2.24) is 4.72 Å². The topological polar surface area (TPSA) is 59.6 Å². The number of amides is 1. The van der Waals surface area contributed by atoms with Gasteiger partial charge in [-0.15, -0.1) is 13.2 Å². The summed E-state index contributed by atoms with van der Waals surface area (Å²) in [4.78, 5) is 12.8. The molecule has 1 aliphatic heterocycles. The van der Waals surface area contributed by atoms with Crippen molar-refractivity contribution in [2.75, 3.05) is 11.9 Å². The third-order valence-corrected chi connectivity index (χ3v) is 5.90. The van der Waals surface area contributed by atoms with Gasteiger partial charge in [-0.1, -0.05) is 19.1 Å². The van der Waals surface area contributed by atoms with E-state index in [1.54, 1.807) is 18.2 Å². The van der Waals surface area contributed by atoms with Crippen LogP contribution in [0.15, 0.2) is 45.8 Å². The fourth-order valence-corrected chi connectivity index (χ4v) is 3.95. The van der Waals surface area contributed by atoms with Gasteiger partial charge in [0.05, 0.1) is 5.69 Å². The summed E-state index contributed by atoms with van der Waals surface area (Å²) >= 11 is 4.88. The molecule has 0 saturated heterocycles. The molecule has 29 heavy (non-hydrogen) atoms. The highest BCUT2D eigenvalue weighted by Crippen LogP contribution is 2.38. The van der Waals surface area contributed by atoms with Crippen LogP contribution < -0.4 is 19.5 Å². The molecule has 2 aromatic carbocycles. The zero-order valence-corrected chi connectivity index (χ0v) is 17.7. The lowest BCUT2D eigenvalue weighted by atomic mass is 10.1. The number of nitrogens with one attached hydrogen (secondary N) is 2. The second-order valence-electron chi connectivity index (χ2n) is 6.22. The lowest BCUT2D eigenvalue weighted by Crippen LogP contribution is -2.36. The Labute approximate surface area is 178 Å². The Morgan fingerprint density at radius 1 is 1.28 bits per heavy atom. The van der Waals surface area contributed by atoms with E-state index in [-0.39, 0.29) is 11.7 Å². The molecule has 2 N–H and O–H groups in total. The minimum Gasteiger partial charge on any atom is -0.478 e. The van der Waals surface area contributed by atoms with Crippen LogP contribution in [-0.4, -0.2) is 24.9 Å². The summed E-state index contributed by atoms with van der Waals surface area (Å²) in [5.41, 5.74) is 1.51. The van der Waals surface area contributed by atoms with Gasteiger partial charge in [-0.25, -0.2) is 0 Å². The van der Waals surface area contributed by atoms with Crippen molar-refractivity contribution in [2.24, 2.45) is 0 Å². The summed E-state index contributed by atoms with van der Waals surface area (Å²) in [6, 6.07) is 9.44. The van der Waals surface area contributed by atoms with Crippen LogP contribution in [0.5, 0.6) is 11.5 Å². The number of hydrogen-bond acceptors (Lipinski definition) is 5. The number of carbonyl (C=O) groups is 1. The maximum absolute atomic E-state index is 12.2. The molecule has 0 spiro atoms. The van der Waals surface area contributed by atoms with Crippen LogP contribution in [-0.2, 0) is 11.2 Å². The molecule has 0 fully saturated rings. The predicted octanol–water partition coefficient (Wildman–Crippen LogP) is 5.30. The zero-order chi connectivity index (χ0) is 21.0. The van der Waals surface area contributed by atoms with E-state index in [0.29, 0.717) is 30.8 Å². The van der Waals surface area contributed by atoms with Gasteiger partial charge < -0.3 is 14.8 Å². The first kappa shape index (κ1) is 21.8. The van der Waals surface area contributed by atoms with E-state index in [9.17, 15) is 18.0 Å². The summed E-state index contributed by atoms with van der Waals surface area (Å²) in [6.07, 6.45) is -3.98. The molecule has 156 valence electrons. The molecule has 0 saturated carbocycles. The average Bonchev–Trinajstić information content (AvgIpc) is 2.65. The van der Waals surface area contributed by atoms with Gasteiger partial charge in [0, 0.05) is 15.9 Å². The Balaban J connectivity index is 1.53. The summed E-state index contributed by atoms with van der Waals surface area (Å²) in [6.45, 7) is 2.48. The van der Waals surface area contributed by atoms with Gasteiger partial charge in [-0.05, 0) is 70.5 Å². The van der Waals surface area contributed by atoms with E-state index in [1.807, 2.05) is 13.0 Å². The highest BCUT2D eigenvalue weighted by atomic mass is 79.9. The molecule has 0 radical (unpaired) electrons. The maximum atomic E-state index is 12.2. The first-order valence-electron chi connectivity index (χ1n) is 8.80. The second kappa shape index (κ2) is 9.27. The van der Waals surface area contributed by atoms with Gasteiger partial charge in [-0.3, -0.25) is 9.52 Å². The number of benzene rings is 2. The predicted molar refractivity (Wildman–Crippen MR) is 108 cm³/mol. The van der Waals surface area contributed by atoms with Gasteiger partial charge in [0.15, 0.2) is 6.10 Å². The molecule has 3 rings (SSSR count). The molecule has 1 unspecified atom stereocenters. The van der Waals surface area contributed by atoms with E-state index >= 15 is 0 Å². The molecule has 1 amide bonds. The fraction of sp³-hybridized carbons (Fsp3) is 0.316. The molecule has 0 aliphatic carbocycles. The van der Waals surface area contributed by atoms with Crippen LogP contribution in [0.25, 0.3) is 0 Å². The molecule has 1 atom stereocenters. The van der Waals surface area contributed by atoms with Gasteiger partial charge in [0.25, 0.3) is 5.91 Å². The monoisotopic (exact) mass is 490 g/mol. The molecule has 0 aromatic heterocycles. The van der Waals surface area contributed by atoms with Crippen LogP contribution in [0.3, 0.4) is 0 Å². The van der Waals surface area contributed by atoms with Gasteiger partial charge in [0.2, 0.25) is 0 Å². The number of fused-ring (bicyclic) bond motifs is 1. The number of anilines is 1. The molecule has 1 heterocycles. The molecule has 5 nitrogen and oxygen atoms in total. The van der Waals surface area contributed by atoms with Crippen molar-refractivity contribution in [2.45, 2.75) is 37.1 Å². The minimum absolute atomic E-state index is 0.155. The molecule has 1 aliphatic rings. The molecular formula is C19H18BrF3N2O3S. The minimum atomic E-state index is -4.69. The van der Waals surface area contributed by atoms with Crippen LogP contribution in [0.2, 0.25) is 0 Å². The number of rotatable bonds is 7. The Morgan fingerprint density at radius 2 is 2.00 bits per heavy atom. The number of carbonyl (C=O) groups excluding carboxylic acids is 1. The lowest BCUT2D eigenvalue weighted by molar-refractivity contribution is -0.274. The van der Waals surface area contributed by atoms with Crippen LogP contribution in [0.1, 0.15) is 18.9 Å². The third-order valence-electron chi connectivity index (χ3n) is 4.08. The molecule has 2 aromatic rings. The largest absolute Gasteiger partial charge is 0.573 e. The van der Waals surface area contributed by atoms with Crippen molar-refractivity contribution < 1.29 is 27.4 Å². The zero-order valence-electron chi connectivity index (χ0n) is 15.3. The van der Waals surface area contributed by atoms with Gasteiger partial charge in [-0.2, -0.15) is 0 Å². The van der Waals surface area contributed by atoms with E-state index in [2.05, 4.69) is 30.7 Å². The highest BCUT2D eigenvalue weighted by molar-refractivity contribution is 9.10. The third kappa shape index (κ3) is 6.03. The summed E-state index contributed by atoms with van der Waals surface area (Å²) < 4.78 is 50.2. The normalized spacial score (nSPS) is 16.0. The van der Waals surface area contributed by atoms with Crippen molar-refractivity contribution in [3.05, 3.63) is 46.4 Å². The summed E-state index contributed by atoms with van der Waals surface area (Å²) in [5.74, 6) is 0.223. The molecule has 10 heteroatoms.